The molecule has 0 atom stereocenters. The van der Waals surface area contributed by atoms with Gasteiger partial charge in [-0.15, -0.1) is 0 Å². The molecule has 2 aromatic rings. The van der Waals surface area contributed by atoms with E-state index < -0.39 is 5.82 Å². The summed E-state index contributed by atoms with van der Waals surface area (Å²) in [5.74, 6) is -0.490. The van der Waals surface area contributed by atoms with Gasteiger partial charge in [0.05, 0.1) is 12.7 Å². The Morgan fingerprint density at radius 1 is 1.19 bits per heavy atom. The second-order valence-electron chi connectivity index (χ2n) is 7.16. The van der Waals surface area contributed by atoms with E-state index in [0.29, 0.717) is 11.8 Å². The number of hydrogen-bond donors (Lipinski definition) is 1. The number of para-hydroxylation sites is 1. The van der Waals surface area contributed by atoms with Crippen molar-refractivity contribution in [1.82, 2.24) is 4.90 Å². The molecule has 1 aliphatic rings. The highest BCUT2D eigenvalue weighted by atomic mass is 19.1. The van der Waals surface area contributed by atoms with Crippen molar-refractivity contribution in [1.29, 1.82) is 0 Å². The third-order valence-electron chi connectivity index (χ3n) is 5.29. The minimum absolute atomic E-state index is 0.188. The Balaban J connectivity index is 1.76. The standard InChI is InChI=1S/C22H27FN2O2/c1-25(18-9-4-3-5-10-18)15-16-8-6-7-11-20(16)24-22(26)19-14-17(23)12-13-21(19)27-2/h6-8,11-14,18H,3-5,9-10,15H2,1-2H3,(H,24,26). The van der Waals surface area contributed by atoms with E-state index in [9.17, 15) is 9.18 Å². The van der Waals surface area contributed by atoms with E-state index in [-0.39, 0.29) is 11.5 Å². The minimum Gasteiger partial charge on any atom is -0.496 e. The smallest absolute Gasteiger partial charge is 0.259 e. The van der Waals surface area contributed by atoms with Crippen LogP contribution in [0.15, 0.2) is 42.5 Å². The van der Waals surface area contributed by atoms with Crippen molar-refractivity contribution >= 4 is 11.6 Å². The molecule has 0 heterocycles. The van der Waals surface area contributed by atoms with Crippen LogP contribution in [0.2, 0.25) is 0 Å². The summed E-state index contributed by atoms with van der Waals surface area (Å²) in [4.78, 5) is 15.1. The molecular formula is C22H27FN2O2. The quantitative estimate of drug-likeness (QED) is 0.790. The Labute approximate surface area is 160 Å². The summed E-state index contributed by atoms with van der Waals surface area (Å²) in [6, 6.07) is 12.3. The summed E-state index contributed by atoms with van der Waals surface area (Å²) in [7, 11) is 3.61. The largest absolute Gasteiger partial charge is 0.496 e. The topological polar surface area (TPSA) is 41.6 Å². The van der Waals surface area contributed by atoms with Gasteiger partial charge in [-0.2, -0.15) is 0 Å². The van der Waals surface area contributed by atoms with Gasteiger partial charge in [-0.3, -0.25) is 9.69 Å². The molecule has 1 saturated carbocycles. The molecule has 1 aliphatic carbocycles. The zero-order valence-corrected chi connectivity index (χ0v) is 16.0. The lowest BCUT2D eigenvalue weighted by atomic mass is 9.94. The number of ether oxygens (including phenoxy) is 1. The van der Waals surface area contributed by atoms with E-state index in [2.05, 4.69) is 17.3 Å². The summed E-state index contributed by atoms with van der Waals surface area (Å²) in [6.45, 7) is 0.765. The SMILES string of the molecule is COc1ccc(F)cc1C(=O)Nc1ccccc1CN(C)C1CCCCC1. The lowest BCUT2D eigenvalue weighted by molar-refractivity contribution is 0.102. The highest BCUT2D eigenvalue weighted by Gasteiger charge is 2.20. The van der Waals surface area contributed by atoms with Crippen molar-refractivity contribution in [2.45, 2.75) is 44.7 Å². The summed E-state index contributed by atoms with van der Waals surface area (Å²) >= 11 is 0. The van der Waals surface area contributed by atoms with Gasteiger partial charge in [0.1, 0.15) is 11.6 Å². The normalized spacial score (nSPS) is 15.0. The molecule has 0 unspecified atom stereocenters. The van der Waals surface area contributed by atoms with Crippen LogP contribution in [0, 0.1) is 5.82 Å². The highest BCUT2D eigenvalue weighted by molar-refractivity contribution is 6.06. The first-order valence-electron chi connectivity index (χ1n) is 9.51. The molecule has 5 heteroatoms. The number of anilines is 1. The van der Waals surface area contributed by atoms with Crippen molar-refractivity contribution in [3.8, 4) is 5.75 Å². The van der Waals surface area contributed by atoms with Crippen LogP contribution in [0.5, 0.6) is 5.75 Å². The fourth-order valence-electron chi connectivity index (χ4n) is 3.75. The van der Waals surface area contributed by atoms with Gasteiger partial charge in [0.25, 0.3) is 5.91 Å². The number of benzene rings is 2. The fourth-order valence-corrected chi connectivity index (χ4v) is 3.75. The van der Waals surface area contributed by atoms with Crippen LogP contribution in [0.25, 0.3) is 0 Å². The molecule has 27 heavy (non-hydrogen) atoms. The third-order valence-corrected chi connectivity index (χ3v) is 5.29. The number of nitrogens with zero attached hydrogens (tertiary/aromatic N) is 1. The first kappa shape index (κ1) is 19.4. The lowest BCUT2D eigenvalue weighted by Gasteiger charge is -2.31. The Bertz CT molecular complexity index is 788. The number of carbonyl (C=O) groups excluding carboxylic acids is 1. The van der Waals surface area contributed by atoms with Gasteiger partial charge in [0, 0.05) is 18.3 Å². The summed E-state index contributed by atoms with van der Waals surface area (Å²) < 4.78 is 18.8. The van der Waals surface area contributed by atoms with E-state index in [1.54, 1.807) is 0 Å². The van der Waals surface area contributed by atoms with Gasteiger partial charge in [0.15, 0.2) is 0 Å². The molecule has 0 spiro atoms. The summed E-state index contributed by atoms with van der Waals surface area (Å²) in [5.41, 5.74) is 1.98. The zero-order chi connectivity index (χ0) is 19.2. The number of nitrogens with one attached hydrogen (secondary N) is 1. The van der Waals surface area contributed by atoms with Gasteiger partial charge in [-0.1, -0.05) is 37.5 Å². The van der Waals surface area contributed by atoms with Gasteiger partial charge in [0.2, 0.25) is 0 Å². The number of hydrogen-bond acceptors (Lipinski definition) is 3. The number of rotatable bonds is 6. The molecule has 1 N–H and O–H groups in total. The van der Waals surface area contributed by atoms with Crippen LogP contribution in [0.3, 0.4) is 0 Å². The molecular weight excluding hydrogens is 343 g/mol. The third kappa shape index (κ3) is 4.86. The van der Waals surface area contributed by atoms with Crippen LogP contribution in [-0.4, -0.2) is 31.0 Å². The number of carbonyl (C=O) groups is 1. The first-order chi connectivity index (χ1) is 13.1. The van der Waals surface area contributed by atoms with E-state index >= 15 is 0 Å². The van der Waals surface area contributed by atoms with Crippen molar-refractivity contribution in [2.75, 3.05) is 19.5 Å². The second-order valence-corrected chi connectivity index (χ2v) is 7.16. The monoisotopic (exact) mass is 370 g/mol. The number of amides is 1. The summed E-state index contributed by atoms with van der Waals surface area (Å²) in [5, 5.41) is 2.92. The predicted molar refractivity (Wildman–Crippen MR) is 106 cm³/mol. The van der Waals surface area contributed by atoms with Gasteiger partial charge in [-0.05, 0) is 49.7 Å². The average Bonchev–Trinajstić information content (AvgIpc) is 2.70. The van der Waals surface area contributed by atoms with Crippen LogP contribution in [0.1, 0.15) is 48.0 Å². The Hall–Kier alpha value is -2.40. The molecule has 1 fully saturated rings. The maximum absolute atomic E-state index is 13.6. The van der Waals surface area contributed by atoms with Gasteiger partial charge in [-0.25, -0.2) is 4.39 Å². The molecule has 4 nitrogen and oxygen atoms in total. The first-order valence-corrected chi connectivity index (χ1v) is 9.51. The lowest BCUT2D eigenvalue weighted by Crippen LogP contribution is -2.33. The van der Waals surface area contributed by atoms with Crippen molar-refractivity contribution < 1.29 is 13.9 Å². The zero-order valence-electron chi connectivity index (χ0n) is 16.0. The predicted octanol–water partition coefficient (Wildman–Crippen LogP) is 4.85. The molecule has 1 amide bonds. The Morgan fingerprint density at radius 3 is 2.67 bits per heavy atom. The highest BCUT2D eigenvalue weighted by Crippen LogP contribution is 2.26. The van der Waals surface area contributed by atoms with Crippen LogP contribution in [0.4, 0.5) is 10.1 Å². The molecule has 3 rings (SSSR count). The number of methoxy groups -OCH3 is 1. The van der Waals surface area contributed by atoms with Crippen LogP contribution < -0.4 is 10.1 Å². The molecule has 144 valence electrons. The molecule has 0 aliphatic heterocycles. The maximum atomic E-state index is 13.6. The van der Waals surface area contributed by atoms with E-state index in [1.165, 1.54) is 57.4 Å². The molecule has 2 aromatic carbocycles. The number of halogens is 1. The molecule has 0 aromatic heterocycles. The van der Waals surface area contributed by atoms with Crippen molar-refractivity contribution in [3.63, 3.8) is 0 Å². The molecule has 0 radical (unpaired) electrons. The Kier molecular flexibility index (Phi) is 6.45. The maximum Gasteiger partial charge on any atom is 0.259 e. The van der Waals surface area contributed by atoms with Crippen LogP contribution >= 0.6 is 0 Å². The Morgan fingerprint density at radius 2 is 1.93 bits per heavy atom. The fraction of sp³-hybridized carbons (Fsp3) is 0.409. The van der Waals surface area contributed by atoms with Crippen LogP contribution in [-0.2, 0) is 6.54 Å². The molecule has 0 bridgehead atoms. The average molecular weight is 370 g/mol. The van der Waals surface area contributed by atoms with Gasteiger partial charge < -0.3 is 10.1 Å². The van der Waals surface area contributed by atoms with E-state index in [4.69, 9.17) is 4.74 Å². The van der Waals surface area contributed by atoms with Crippen molar-refractivity contribution in [3.05, 3.63) is 59.4 Å². The van der Waals surface area contributed by atoms with Crippen molar-refractivity contribution in [2.24, 2.45) is 0 Å². The molecule has 0 saturated heterocycles. The van der Waals surface area contributed by atoms with E-state index in [1.807, 2.05) is 24.3 Å². The minimum atomic E-state index is -0.466. The second kappa shape index (κ2) is 9.00. The summed E-state index contributed by atoms with van der Waals surface area (Å²) in [6.07, 6.45) is 6.35. The van der Waals surface area contributed by atoms with Gasteiger partial charge >= 0.3 is 0 Å². The van der Waals surface area contributed by atoms with E-state index in [0.717, 1.165) is 17.8 Å².